The molecule has 4 rings (SSSR count). The first kappa shape index (κ1) is 26.3. The van der Waals surface area contributed by atoms with Crippen molar-refractivity contribution in [1.82, 2.24) is 5.32 Å². The summed E-state index contributed by atoms with van der Waals surface area (Å²) in [6.07, 6.45) is 0. The van der Waals surface area contributed by atoms with Crippen LogP contribution in [0.25, 0.3) is 10.8 Å². The summed E-state index contributed by atoms with van der Waals surface area (Å²) in [5.74, 6) is 0.859. The second kappa shape index (κ2) is 12.4. The molecule has 0 spiro atoms. The molecule has 35 heavy (non-hydrogen) atoms. The summed E-state index contributed by atoms with van der Waals surface area (Å²) in [4.78, 5) is 10.4. The van der Waals surface area contributed by atoms with Crippen molar-refractivity contribution in [3.05, 3.63) is 111 Å². The number of anilines is 1. The Morgan fingerprint density at radius 2 is 1.74 bits per heavy atom. The minimum Gasteiger partial charge on any atom is -0.489 e. The lowest BCUT2D eigenvalue weighted by molar-refractivity contribution is -0.384. The normalized spacial score (nSPS) is 10.6. The maximum atomic E-state index is 10.9. The molecular weight excluding hydrogens is 485 g/mol. The Hall–Kier alpha value is -3.32. The molecule has 4 aromatic rings. The number of nitro benzene ring substituents is 1. The van der Waals surface area contributed by atoms with E-state index in [1.165, 1.54) is 17.7 Å². The van der Waals surface area contributed by atoms with Gasteiger partial charge < -0.3 is 15.4 Å². The molecule has 0 bridgehead atoms. The van der Waals surface area contributed by atoms with Crippen LogP contribution in [0.5, 0.6) is 5.75 Å². The molecule has 0 aliphatic rings. The average molecular weight is 512 g/mol. The van der Waals surface area contributed by atoms with Gasteiger partial charge in [0.25, 0.3) is 5.69 Å². The fraction of sp³-hybridized carbons (Fsp3) is 0.185. The average Bonchev–Trinajstić information content (AvgIpc) is 2.84. The lowest BCUT2D eigenvalue weighted by Gasteiger charge is -2.16. The van der Waals surface area contributed by atoms with E-state index in [-0.39, 0.29) is 18.1 Å². The molecule has 182 valence electrons. The molecule has 0 aliphatic heterocycles. The second-order valence-electron chi connectivity index (χ2n) is 8.06. The summed E-state index contributed by atoms with van der Waals surface area (Å²) in [6, 6.07) is 25.2. The predicted octanol–water partition coefficient (Wildman–Crippen LogP) is 6.91. The Balaban J connectivity index is 0.00000342. The summed E-state index contributed by atoms with van der Waals surface area (Å²) < 4.78 is 6.22. The number of hydrogen-bond acceptors (Lipinski definition) is 5. The highest BCUT2D eigenvalue weighted by Crippen LogP contribution is 2.29. The van der Waals surface area contributed by atoms with Gasteiger partial charge in [-0.1, -0.05) is 71.8 Å². The molecule has 2 N–H and O–H groups in total. The minimum absolute atomic E-state index is 0. The Morgan fingerprint density at radius 3 is 2.49 bits per heavy atom. The third-order valence-corrected chi connectivity index (χ3v) is 5.91. The predicted molar refractivity (Wildman–Crippen MR) is 145 cm³/mol. The van der Waals surface area contributed by atoms with E-state index in [1.807, 2.05) is 18.2 Å². The summed E-state index contributed by atoms with van der Waals surface area (Å²) in [5.41, 5.74) is 4.10. The first-order valence-corrected chi connectivity index (χ1v) is 11.5. The molecule has 0 atom stereocenters. The van der Waals surface area contributed by atoms with Crippen LogP contribution in [0.1, 0.15) is 16.7 Å². The van der Waals surface area contributed by atoms with E-state index in [9.17, 15) is 10.1 Å². The minimum atomic E-state index is -0.458. The molecule has 0 aliphatic carbocycles. The molecule has 0 radical (unpaired) electrons. The SMILES string of the molecule is Cc1ccc(COc2ccc3ccccc3c2CNCCNc2ccc([N+](=O)[O-])cc2Cl)cc1.Cl. The van der Waals surface area contributed by atoms with Crippen LogP contribution >= 0.6 is 24.0 Å². The van der Waals surface area contributed by atoms with Crippen LogP contribution in [0.4, 0.5) is 11.4 Å². The van der Waals surface area contributed by atoms with Crippen LogP contribution < -0.4 is 15.4 Å². The van der Waals surface area contributed by atoms with Crippen LogP contribution in [0.15, 0.2) is 78.9 Å². The zero-order valence-electron chi connectivity index (χ0n) is 19.3. The topological polar surface area (TPSA) is 76.4 Å². The fourth-order valence-corrected chi connectivity index (χ4v) is 3.98. The van der Waals surface area contributed by atoms with Crippen LogP contribution in [0.2, 0.25) is 5.02 Å². The first-order valence-electron chi connectivity index (χ1n) is 11.1. The number of aryl methyl sites for hydroxylation is 1. The van der Waals surface area contributed by atoms with Crippen LogP contribution in [-0.2, 0) is 13.2 Å². The van der Waals surface area contributed by atoms with E-state index in [0.29, 0.717) is 37.0 Å². The second-order valence-corrected chi connectivity index (χ2v) is 8.47. The fourth-order valence-electron chi connectivity index (χ4n) is 3.74. The van der Waals surface area contributed by atoms with Gasteiger partial charge in [0.1, 0.15) is 12.4 Å². The number of rotatable bonds is 10. The van der Waals surface area contributed by atoms with Crippen molar-refractivity contribution >= 4 is 46.2 Å². The first-order chi connectivity index (χ1) is 16.5. The van der Waals surface area contributed by atoms with E-state index in [0.717, 1.165) is 27.6 Å². The smallest absolute Gasteiger partial charge is 0.271 e. The lowest BCUT2D eigenvalue weighted by atomic mass is 10.0. The highest BCUT2D eigenvalue weighted by molar-refractivity contribution is 6.33. The number of fused-ring (bicyclic) bond motifs is 1. The Kier molecular flexibility index (Phi) is 9.32. The lowest BCUT2D eigenvalue weighted by Crippen LogP contribution is -2.22. The number of ether oxygens (including phenoxy) is 1. The number of nitrogens with one attached hydrogen (secondary N) is 2. The molecule has 0 aromatic heterocycles. The molecule has 0 fully saturated rings. The number of halogens is 2. The number of hydrogen-bond donors (Lipinski definition) is 2. The number of nitro groups is 1. The van der Waals surface area contributed by atoms with Gasteiger partial charge in [-0.3, -0.25) is 10.1 Å². The van der Waals surface area contributed by atoms with Crippen molar-refractivity contribution < 1.29 is 9.66 Å². The van der Waals surface area contributed by atoms with Crippen molar-refractivity contribution in [1.29, 1.82) is 0 Å². The zero-order chi connectivity index (χ0) is 23.9. The highest BCUT2D eigenvalue weighted by Gasteiger charge is 2.11. The summed E-state index contributed by atoms with van der Waals surface area (Å²) in [7, 11) is 0. The van der Waals surface area contributed by atoms with Crippen molar-refractivity contribution in [3.8, 4) is 5.75 Å². The van der Waals surface area contributed by atoms with Crippen molar-refractivity contribution in [2.75, 3.05) is 18.4 Å². The molecule has 0 amide bonds. The standard InChI is InChI=1S/C27H26ClN3O3.ClH/c1-19-6-8-20(9-7-19)18-34-27-13-10-21-4-2-3-5-23(21)24(27)17-29-14-15-30-26-12-11-22(31(32)33)16-25(26)28;/h2-13,16,29-30H,14-15,17-18H2,1H3;1H. The van der Waals surface area contributed by atoms with E-state index >= 15 is 0 Å². The third-order valence-electron chi connectivity index (χ3n) is 5.60. The molecular formula is C27H27Cl2N3O3. The van der Waals surface area contributed by atoms with Gasteiger partial charge in [0.15, 0.2) is 0 Å². The molecule has 8 heteroatoms. The van der Waals surface area contributed by atoms with Gasteiger partial charge in [0, 0.05) is 37.3 Å². The van der Waals surface area contributed by atoms with Gasteiger partial charge in [0.05, 0.1) is 15.6 Å². The van der Waals surface area contributed by atoms with Crippen LogP contribution in [0.3, 0.4) is 0 Å². The van der Waals surface area contributed by atoms with Crippen molar-refractivity contribution in [2.24, 2.45) is 0 Å². The molecule has 0 heterocycles. The van der Waals surface area contributed by atoms with Crippen molar-refractivity contribution in [2.45, 2.75) is 20.1 Å². The van der Waals surface area contributed by atoms with E-state index < -0.39 is 4.92 Å². The molecule has 0 saturated carbocycles. The van der Waals surface area contributed by atoms with Crippen LogP contribution in [0, 0.1) is 17.0 Å². The molecule has 0 saturated heterocycles. The molecule has 4 aromatic carbocycles. The molecule has 0 unspecified atom stereocenters. The third kappa shape index (κ3) is 6.85. The van der Waals surface area contributed by atoms with Gasteiger partial charge in [-0.15, -0.1) is 12.4 Å². The maximum absolute atomic E-state index is 10.9. The molecule has 6 nitrogen and oxygen atoms in total. The van der Waals surface area contributed by atoms with Gasteiger partial charge in [-0.05, 0) is 35.4 Å². The Morgan fingerprint density at radius 1 is 0.971 bits per heavy atom. The number of benzene rings is 4. The Labute approximate surface area is 215 Å². The largest absolute Gasteiger partial charge is 0.489 e. The van der Waals surface area contributed by atoms with Crippen molar-refractivity contribution in [3.63, 3.8) is 0 Å². The number of nitrogens with zero attached hydrogens (tertiary/aromatic N) is 1. The van der Waals surface area contributed by atoms with E-state index in [2.05, 4.69) is 60.0 Å². The number of non-ortho nitro benzene ring substituents is 1. The summed E-state index contributed by atoms with van der Waals surface area (Å²) in [5, 5.41) is 20.2. The summed E-state index contributed by atoms with van der Waals surface area (Å²) >= 11 is 6.16. The van der Waals surface area contributed by atoms with Gasteiger partial charge in [-0.25, -0.2) is 0 Å². The van der Waals surface area contributed by atoms with Gasteiger partial charge in [-0.2, -0.15) is 0 Å². The van der Waals surface area contributed by atoms with Crippen LogP contribution in [-0.4, -0.2) is 18.0 Å². The monoisotopic (exact) mass is 511 g/mol. The van der Waals surface area contributed by atoms with Gasteiger partial charge in [0.2, 0.25) is 0 Å². The zero-order valence-corrected chi connectivity index (χ0v) is 20.9. The van der Waals surface area contributed by atoms with E-state index in [1.54, 1.807) is 6.07 Å². The quantitative estimate of drug-likeness (QED) is 0.137. The Bertz CT molecular complexity index is 1300. The summed E-state index contributed by atoms with van der Waals surface area (Å²) in [6.45, 7) is 4.50. The van der Waals surface area contributed by atoms with E-state index in [4.69, 9.17) is 16.3 Å². The highest BCUT2D eigenvalue weighted by atomic mass is 35.5. The van der Waals surface area contributed by atoms with Gasteiger partial charge >= 0.3 is 0 Å². The maximum Gasteiger partial charge on any atom is 0.271 e.